The molecule has 0 saturated carbocycles. The van der Waals surface area contributed by atoms with Crippen molar-refractivity contribution in [1.82, 2.24) is 10.2 Å². The molecular weight excluding hydrogens is 616 g/mol. The zero-order chi connectivity index (χ0) is 29.6. The molecule has 0 spiro atoms. The first kappa shape index (κ1) is 32.0. The van der Waals surface area contributed by atoms with E-state index < -0.39 is 34.4 Å². The van der Waals surface area contributed by atoms with Gasteiger partial charge in [0.1, 0.15) is 12.6 Å². The Kier molecular flexibility index (Phi) is 11.1. The summed E-state index contributed by atoms with van der Waals surface area (Å²) in [7, 11) is -4.29. The second kappa shape index (κ2) is 13.9. The van der Waals surface area contributed by atoms with Gasteiger partial charge < -0.3 is 10.2 Å². The van der Waals surface area contributed by atoms with Crippen LogP contribution in [0.5, 0.6) is 0 Å². The van der Waals surface area contributed by atoms with E-state index in [1.807, 2.05) is 13.8 Å². The summed E-state index contributed by atoms with van der Waals surface area (Å²) < 4.78 is 28.6. The van der Waals surface area contributed by atoms with Gasteiger partial charge in [-0.25, -0.2) is 8.42 Å². The van der Waals surface area contributed by atoms with Crippen molar-refractivity contribution in [2.75, 3.05) is 17.4 Å². The van der Waals surface area contributed by atoms with Crippen LogP contribution in [0, 0.1) is 5.92 Å². The van der Waals surface area contributed by atoms with Crippen molar-refractivity contribution in [2.24, 2.45) is 5.92 Å². The highest BCUT2D eigenvalue weighted by atomic mass is 35.5. The van der Waals surface area contributed by atoms with Crippen LogP contribution in [0.25, 0.3) is 0 Å². The molecule has 1 unspecified atom stereocenters. The number of nitrogens with zero attached hydrogens (tertiary/aromatic N) is 2. The average molecular weight is 645 g/mol. The third kappa shape index (κ3) is 7.83. The first-order valence-electron chi connectivity index (χ1n) is 12.4. The van der Waals surface area contributed by atoms with Gasteiger partial charge >= 0.3 is 0 Å². The van der Waals surface area contributed by atoms with E-state index in [9.17, 15) is 18.0 Å². The van der Waals surface area contributed by atoms with Gasteiger partial charge in [0.15, 0.2) is 0 Å². The quantitative estimate of drug-likeness (QED) is 0.252. The number of benzene rings is 3. The van der Waals surface area contributed by atoms with Crippen LogP contribution in [0.4, 0.5) is 5.69 Å². The summed E-state index contributed by atoms with van der Waals surface area (Å²) in [5, 5.41) is 3.71. The summed E-state index contributed by atoms with van der Waals surface area (Å²) in [5.74, 6) is -0.919. The third-order valence-electron chi connectivity index (χ3n) is 6.03. The lowest BCUT2D eigenvalue weighted by Crippen LogP contribution is -2.51. The maximum absolute atomic E-state index is 14.0. The molecule has 1 atom stereocenters. The molecule has 0 aromatic heterocycles. The predicted octanol–water partition coefficient (Wildman–Crippen LogP) is 6.69. The van der Waals surface area contributed by atoms with Crippen LogP contribution in [0.3, 0.4) is 0 Å². The Balaban J connectivity index is 2.08. The lowest BCUT2D eigenvalue weighted by molar-refractivity contribution is -0.139. The highest BCUT2D eigenvalue weighted by Gasteiger charge is 2.34. The molecular formula is C28H29Cl4N3O4S. The van der Waals surface area contributed by atoms with Crippen LogP contribution in [-0.2, 0) is 26.2 Å². The fourth-order valence-electron chi connectivity index (χ4n) is 3.80. The third-order valence-corrected chi connectivity index (χ3v) is 9.07. The second-order valence-corrected chi connectivity index (χ2v) is 13.0. The van der Waals surface area contributed by atoms with E-state index in [-0.39, 0.29) is 33.1 Å². The summed E-state index contributed by atoms with van der Waals surface area (Å²) in [6.45, 7) is 5.01. The van der Waals surface area contributed by atoms with Gasteiger partial charge in [0.25, 0.3) is 10.0 Å². The molecule has 0 fully saturated rings. The van der Waals surface area contributed by atoms with Gasteiger partial charge in [-0.05, 0) is 55.3 Å². The van der Waals surface area contributed by atoms with E-state index in [4.69, 9.17) is 46.4 Å². The molecule has 0 aliphatic heterocycles. The zero-order valence-corrected chi connectivity index (χ0v) is 25.9. The van der Waals surface area contributed by atoms with E-state index in [0.29, 0.717) is 22.2 Å². The number of rotatable bonds is 11. The van der Waals surface area contributed by atoms with E-state index in [1.165, 1.54) is 35.2 Å². The molecule has 40 heavy (non-hydrogen) atoms. The fraction of sp³-hybridized carbons (Fsp3) is 0.286. The van der Waals surface area contributed by atoms with Crippen molar-refractivity contribution in [3.8, 4) is 0 Å². The molecule has 0 radical (unpaired) electrons. The van der Waals surface area contributed by atoms with E-state index >= 15 is 0 Å². The molecule has 0 saturated heterocycles. The van der Waals surface area contributed by atoms with Crippen LogP contribution in [0.2, 0.25) is 20.1 Å². The summed E-state index contributed by atoms with van der Waals surface area (Å²) in [6, 6.07) is 15.9. The van der Waals surface area contributed by atoms with Crippen molar-refractivity contribution in [3.05, 3.63) is 92.4 Å². The van der Waals surface area contributed by atoms with Crippen molar-refractivity contribution < 1.29 is 18.0 Å². The number of nitrogens with one attached hydrogen (secondary N) is 1. The first-order valence-corrected chi connectivity index (χ1v) is 15.3. The summed E-state index contributed by atoms with van der Waals surface area (Å²) in [5.41, 5.74) is 0.431. The summed E-state index contributed by atoms with van der Waals surface area (Å²) >= 11 is 25.4. The molecule has 1 N–H and O–H groups in total. The Hall–Kier alpha value is -2.49. The number of hydrogen-bond acceptors (Lipinski definition) is 4. The van der Waals surface area contributed by atoms with Gasteiger partial charge in [-0.3, -0.25) is 13.9 Å². The minimum Gasteiger partial charge on any atom is -0.354 e. The van der Waals surface area contributed by atoms with Crippen LogP contribution in [0.15, 0.2) is 71.6 Å². The molecule has 0 bridgehead atoms. The molecule has 7 nitrogen and oxygen atoms in total. The molecule has 3 aromatic carbocycles. The maximum Gasteiger partial charge on any atom is 0.264 e. The SMILES string of the molecule is CC(C)CNC(=O)C(C)N(Cc1c(Cl)cccc1Cl)C(=O)CN(c1cc(Cl)ccc1Cl)S(=O)(=O)c1ccccc1. The van der Waals surface area contributed by atoms with Crippen LogP contribution in [0.1, 0.15) is 26.3 Å². The van der Waals surface area contributed by atoms with E-state index in [1.54, 1.807) is 43.3 Å². The summed E-state index contributed by atoms with van der Waals surface area (Å²) in [6.07, 6.45) is 0. The van der Waals surface area contributed by atoms with Crippen molar-refractivity contribution in [3.63, 3.8) is 0 Å². The van der Waals surface area contributed by atoms with Gasteiger partial charge in [-0.15, -0.1) is 0 Å². The molecule has 0 aliphatic rings. The molecule has 214 valence electrons. The maximum atomic E-state index is 14.0. The Morgan fingerprint density at radius 1 is 0.850 bits per heavy atom. The zero-order valence-electron chi connectivity index (χ0n) is 22.1. The largest absolute Gasteiger partial charge is 0.354 e. The topological polar surface area (TPSA) is 86.8 Å². The Morgan fingerprint density at radius 3 is 2.08 bits per heavy atom. The van der Waals surface area contributed by atoms with Gasteiger partial charge in [-0.1, -0.05) is 84.5 Å². The molecule has 0 heterocycles. The minimum atomic E-state index is -4.29. The monoisotopic (exact) mass is 643 g/mol. The second-order valence-electron chi connectivity index (χ2n) is 9.46. The van der Waals surface area contributed by atoms with E-state index in [0.717, 1.165) is 4.31 Å². The number of hydrogen-bond donors (Lipinski definition) is 1. The Labute approximate surface area is 255 Å². The molecule has 3 aromatic rings. The van der Waals surface area contributed by atoms with Crippen molar-refractivity contribution in [2.45, 2.75) is 38.3 Å². The molecule has 12 heteroatoms. The highest BCUT2D eigenvalue weighted by molar-refractivity contribution is 7.92. The van der Waals surface area contributed by atoms with Crippen molar-refractivity contribution >= 4 is 73.9 Å². The molecule has 3 rings (SSSR count). The predicted molar refractivity (Wildman–Crippen MR) is 162 cm³/mol. The lowest BCUT2D eigenvalue weighted by atomic mass is 10.1. The first-order chi connectivity index (χ1) is 18.8. The van der Waals surface area contributed by atoms with Crippen LogP contribution in [-0.4, -0.2) is 44.3 Å². The molecule has 0 aliphatic carbocycles. The van der Waals surface area contributed by atoms with Gasteiger partial charge in [0, 0.05) is 33.7 Å². The highest BCUT2D eigenvalue weighted by Crippen LogP contribution is 2.33. The van der Waals surface area contributed by atoms with Crippen molar-refractivity contribution in [1.29, 1.82) is 0 Å². The van der Waals surface area contributed by atoms with Gasteiger partial charge in [-0.2, -0.15) is 0 Å². The van der Waals surface area contributed by atoms with Gasteiger partial charge in [0.05, 0.1) is 15.6 Å². The number of amides is 2. The van der Waals surface area contributed by atoms with Crippen LogP contribution >= 0.6 is 46.4 Å². The minimum absolute atomic E-state index is 0.0130. The van der Waals surface area contributed by atoms with Crippen LogP contribution < -0.4 is 9.62 Å². The standard InChI is InChI=1S/C28H29Cl4N3O4S/c1-18(2)15-33-28(37)19(3)34(16-22-23(30)10-7-11-24(22)31)27(36)17-35(26-14-20(29)12-13-25(26)32)40(38,39)21-8-5-4-6-9-21/h4-14,18-19H,15-17H2,1-3H3,(H,33,37). The molecule has 2 amide bonds. The Bertz CT molecular complexity index is 1450. The normalized spacial score (nSPS) is 12.2. The number of carbonyl (C=O) groups excluding carboxylic acids is 2. The smallest absolute Gasteiger partial charge is 0.264 e. The fourth-order valence-corrected chi connectivity index (χ4v) is 6.20. The summed E-state index contributed by atoms with van der Waals surface area (Å²) in [4.78, 5) is 28.3. The number of sulfonamides is 1. The van der Waals surface area contributed by atoms with E-state index in [2.05, 4.69) is 5.32 Å². The van der Waals surface area contributed by atoms with Gasteiger partial charge in [0.2, 0.25) is 11.8 Å². The number of anilines is 1. The number of halogens is 4. The average Bonchev–Trinajstić information content (AvgIpc) is 2.91. The lowest BCUT2D eigenvalue weighted by Gasteiger charge is -2.32. The number of carbonyl (C=O) groups is 2. The Morgan fingerprint density at radius 2 is 1.48 bits per heavy atom.